The SMILES string of the molecule is COc1ccc(C)cc1C(C)NC(=O)Nc1ccc(-c2nccc(C)n2)cc1. The molecule has 2 amide bonds. The smallest absolute Gasteiger partial charge is 0.319 e. The van der Waals surface area contributed by atoms with Gasteiger partial charge in [-0.1, -0.05) is 17.7 Å². The predicted octanol–water partition coefficient (Wildman–Crippen LogP) is 4.65. The Bertz CT molecular complexity index is 971. The molecule has 28 heavy (non-hydrogen) atoms. The van der Waals surface area contributed by atoms with Gasteiger partial charge in [0, 0.05) is 28.7 Å². The number of hydrogen-bond acceptors (Lipinski definition) is 4. The Morgan fingerprint density at radius 3 is 2.50 bits per heavy atom. The summed E-state index contributed by atoms with van der Waals surface area (Å²) in [7, 11) is 1.63. The summed E-state index contributed by atoms with van der Waals surface area (Å²) in [5.74, 6) is 1.41. The third kappa shape index (κ3) is 4.65. The van der Waals surface area contributed by atoms with Crippen LogP contribution in [0.2, 0.25) is 0 Å². The van der Waals surface area contributed by atoms with Gasteiger partial charge in [0.1, 0.15) is 5.75 Å². The molecule has 0 fully saturated rings. The number of methoxy groups -OCH3 is 1. The summed E-state index contributed by atoms with van der Waals surface area (Å²) >= 11 is 0. The van der Waals surface area contributed by atoms with Crippen LogP contribution in [0.3, 0.4) is 0 Å². The molecular weight excluding hydrogens is 352 g/mol. The van der Waals surface area contributed by atoms with Gasteiger partial charge in [0.15, 0.2) is 5.82 Å². The third-order valence-electron chi connectivity index (χ3n) is 4.40. The van der Waals surface area contributed by atoms with Crippen molar-refractivity contribution in [2.45, 2.75) is 26.8 Å². The molecule has 1 atom stereocenters. The molecule has 1 heterocycles. The fourth-order valence-corrected chi connectivity index (χ4v) is 2.92. The number of carbonyl (C=O) groups is 1. The Morgan fingerprint density at radius 1 is 1.07 bits per heavy atom. The minimum Gasteiger partial charge on any atom is -0.496 e. The number of rotatable bonds is 5. The number of aromatic nitrogens is 2. The highest BCUT2D eigenvalue weighted by Crippen LogP contribution is 2.26. The molecule has 0 saturated carbocycles. The van der Waals surface area contributed by atoms with Crippen LogP contribution in [-0.2, 0) is 0 Å². The van der Waals surface area contributed by atoms with Gasteiger partial charge in [0.25, 0.3) is 0 Å². The van der Waals surface area contributed by atoms with E-state index in [1.165, 1.54) is 0 Å². The number of anilines is 1. The molecule has 1 aromatic heterocycles. The van der Waals surface area contributed by atoms with E-state index in [2.05, 4.69) is 20.6 Å². The first kappa shape index (κ1) is 19.4. The van der Waals surface area contributed by atoms with Crippen LogP contribution in [0.1, 0.15) is 29.8 Å². The van der Waals surface area contributed by atoms with Crippen LogP contribution < -0.4 is 15.4 Å². The highest BCUT2D eigenvalue weighted by molar-refractivity contribution is 5.89. The summed E-state index contributed by atoms with van der Waals surface area (Å²) in [5.41, 5.74) is 4.54. The van der Waals surface area contributed by atoms with Gasteiger partial charge in [-0.25, -0.2) is 14.8 Å². The van der Waals surface area contributed by atoms with Crippen molar-refractivity contribution < 1.29 is 9.53 Å². The molecule has 0 spiro atoms. The van der Waals surface area contributed by atoms with E-state index in [4.69, 9.17) is 4.74 Å². The summed E-state index contributed by atoms with van der Waals surface area (Å²) in [5, 5.41) is 5.80. The highest BCUT2D eigenvalue weighted by atomic mass is 16.5. The molecule has 0 aliphatic heterocycles. The molecule has 0 radical (unpaired) electrons. The zero-order valence-electron chi connectivity index (χ0n) is 16.5. The lowest BCUT2D eigenvalue weighted by atomic mass is 10.0. The van der Waals surface area contributed by atoms with Gasteiger partial charge in [-0.2, -0.15) is 0 Å². The lowest BCUT2D eigenvalue weighted by molar-refractivity contribution is 0.249. The van der Waals surface area contributed by atoms with Gasteiger partial charge in [0.2, 0.25) is 0 Å². The third-order valence-corrected chi connectivity index (χ3v) is 4.40. The highest BCUT2D eigenvalue weighted by Gasteiger charge is 2.14. The van der Waals surface area contributed by atoms with Crippen LogP contribution in [0.15, 0.2) is 54.7 Å². The minimum atomic E-state index is -0.282. The lowest BCUT2D eigenvalue weighted by Gasteiger charge is -2.18. The van der Waals surface area contributed by atoms with Gasteiger partial charge in [0.05, 0.1) is 13.2 Å². The Labute approximate surface area is 165 Å². The number of nitrogens with zero attached hydrogens (tertiary/aromatic N) is 2. The summed E-state index contributed by atoms with van der Waals surface area (Å²) < 4.78 is 5.40. The Hall–Kier alpha value is -3.41. The Morgan fingerprint density at radius 2 is 1.82 bits per heavy atom. The molecule has 144 valence electrons. The molecule has 1 unspecified atom stereocenters. The maximum Gasteiger partial charge on any atom is 0.319 e. The first-order valence-corrected chi connectivity index (χ1v) is 9.08. The largest absolute Gasteiger partial charge is 0.496 e. The molecule has 6 heteroatoms. The number of urea groups is 1. The topological polar surface area (TPSA) is 76.1 Å². The second-order valence-electron chi connectivity index (χ2n) is 6.66. The zero-order valence-corrected chi connectivity index (χ0v) is 16.5. The second-order valence-corrected chi connectivity index (χ2v) is 6.66. The van der Waals surface area contributed by atoms with Crippen molar-refractivity contribution in [1.29, 1.82) is 0 Å². The molecular formula is C22H24N4O2. The minimum absolute atomic E-state index is 0.199. The second kappa shape index (κ2) is 8.52. The average molecular weight is 376 g/mol. The zero-order chi connectivity index (χ0) is 20.1. The Balaban J connectivity index is 1.66. The van der Waals surface area contributed by atoms with Crippen LogP contribution in [0, 0.1) is 13.8 Å². The number of hydrogen-bond donors (Lipinski definition) is 2. The van der Waals surface area contributed by atoms with Crippen molar-refractivity contribution in [1.82, 2.24) is 15.3 Å². The van der Waals surface area contributed by atoms with E-state index in [0.717, 1.165) is 28.1 Å². The van der Waals surface area contributed by atoms with E-state index in [-0.39, 0.29) is 12.1 Å². The van der Waals surface area contributed by atoms with Gasteiger partial charge in [-0.05, 0) is 57.2 Å². The van der Waals surface area contributed by atoms with E-state index in [1.54, 1.807) is 13.3 Å². The van der Waals surface area contributed by atoms with Crippen molar-refractivity contribution in [3.63, 3.8) is 0 Å². The van der Waals surface area contributed by atoms with Crippen molar-refractivity contribution in [3.05, 3.63) is 71.5 Å². The van der Waals surface area contributed by atoms with Crippen LogP contribution >= 0.6 is 0 Å². The fourth-order valence-electron chi connectivity index (χ4n) is 2.92. The molecule has 0 bridgehead atoms. The number of nitrogens with one attached hydrogen (secondary N) is 2. The monoisotopic (exact) mass is 376 g/mol. The number of carbonyl (C=O) groups excluding carboxylic acids is 1. The molecule has 0 aliphatic carbocycles. The average Bonchev–Trinajstić information content (AvgIpc) is 2.68. The quantitative estimate of drug-likeness (QED) is 0.679. The molecule has 2 aromatic carbocycles. The van der Waals surface area contributed by atoms with Crippen molar-refractivity contribution in [2.24, 2.45) is 0 Å². The Kier molecular flexibility index (Phi) is 5.89. The molecule has 0 aliphatic rings. The van der Waals surface area contributed by atoms with Gasteiger partial charge < -0.3 is 15.4 Å². The molecule has 3 rings (SSSR count). The van der Waals surface area contributed by atoms with Gasteiger partial charge in [-0.3, -0.25) is 0 Å². The van der Waals surface area contributed by atoms with E-state index < -0.39 is 0 Å². The summed E-state index contributed by atoms with van der Waals surface area (Å²) in [4.78, 5) is 21.1. The first-order chi connectivity index (χ1) is 13.5. The molecule has 3 aromatic rings. The summed E-state index contributed by atoms with van der Waals surface area (Å²) in [6, 6.07) is 14.7. The van der Waals surface area contributed by atoms with Crippen LogP contribution in [0.5, 0.6) is 5.75 Å². The molecule has 6 nitrogen and oxygen atoms in total. The number of benzene rings is 2. The number of amides is 2. The van der Waals surface area contributed by atoms with Crippen LogP contribution in [0.25, 0.3) is 11.4 Å². The maximum atomic E-state index is 12.4. The summed E-state index contributed by atoms with van der Waals surface area (Å²) in [6.07, 6.45) is 1.73. The predicted molar refractivity (Wildman–Crippen MR) is 111 cm³/mol. The van der Waals surface area contributed by atoms with E-state index in [0.29, 0.717) is 11.5 Å². The van der Waals surface area contributed by atoms with E-state index >= 15 is 0 Å². The lowest BCUT2D eigenvalue weighted by Crippen LogP contribution is -2.31. The van der Waals surface area contributed by atoms with E-state index in [1.807, 2.05) is 69.3 Å². The normalized spacial score (nSPS) is 11.6. The molecule has 2 N–H and O–H groups in total. The van der Waals surface area contributed by atoms with Crippen molar-refractivity contribution >= 4 is 11.7 Å². The van der Waals surface area contributed by atoms with Crippen molar-refractivity contribution in [3.8, 4) is 17.1 Å². The first-order valence-electron chi connectivity index (χ1n) is 9.08. The number of aryl methyl sites for hydroxylation is 2. The van der Waals surface area contributed by atoms with E-state index in [9.17, 15) is 4.79 Å². The fraction of sp³-hybridized carbons (Fsp3) is 0.227. The molecule has 0 saturated heterocycles. The van der Waals surface area contributed by atoms with Crippen LogP contribution in [0.4, 0.5) is 10.5 Å². The van der Waals surface area contributed by atoms with Gasteiger partial charge in [-0.15, -0.1) is 0 Å². The summed E-state index contributed by atoms with van der Waals surface area (Å²) in [6.45, 7) is 5.86. The number of ether oxygens (including phenoxy) is 1. The van der Waals surface area contributed by atoms with Gasteiger partial charge >= 0.3 is 6.03 Å². The standard InChI is InChI=1S/C22H24N4O2/c1-14-5-10-20(28-4)19(13-14)16(3)25-22(27)26-18-8-6-17(7-9-18)21-23-12-11-15(2)24-21/h5-13,16H,1-4H3,(H2,25,26,27). The maximum absolute atomic E-state index is 12.4. The van der Waals surface area contributed by atoms with Crippen molar-refractivity contribution in [2.75, 3.05) is 12.4 Å². The van der Waals surface area contributed by atoms with Crippen LogP contribution in [-0.4, -0.2) is 23.1 Å².